The Morgan fingerprint density at radius 1 is 0.926 bits per heavy atom. The molecule has 0 aliphatic heterocycles. The van der Waals surface area contributed by atoms with Gasteiger partial charge in [-0.2, -0.15) is 0 Å². The summed E-state index contributed by atoms with van der Waals surface area (Å²) in [5.74, 6) is 2.49. The van der Waals surface area contributed by atoms with Crippen LogP contribution in [0, 0.1) is 13.8 Å². The maximum absolute atomic E-state index is 6.19. The molecule has 140 valence electrons. The van der Waals surface area contributed by atoms with Gasteiger partial charge in [0, 0.05) is 23.3 Å². The molecule has 0 aliphatic rings. The number of para-hydroxylation sites is 1. The summed E-state index contributed by atoms with van der Waals surface area (Å²) in [4.78, 5) is 4.27. The average molecular weight is 383 g/mol. The summed E-state index contributed by atoms with van der Waals surface area (Å²) in [6.45, 7) is 5.51. The molecule has 27 heavy (non-hydrogen) atoms. The number of benzene rings is 2. The van der Waals surface area contributed by atoms with Gasteiger partial charge in [0.25, 0.3) is 0 Å². The van der Waals surface area contributed by atoms with Crippen LogP contribution in [0.5, 0.6) is 11.5 Å². The van der Waals surface area contributed by atoms with Gasteiger partial charge in [0.05, 0.1) is 0 Å². The fraction of sp³-hybridized carbons (Fsp3) is 0.227. The van der Waals surface area contributed by atoms with Crippen molar-refractivity contribution in [1.82, 2.24) is 4.98 Å². The van der Waals surface area contributed by atoms with Crippen molar-refractivity contribution in [3.63, 3.8) is 0 Å². The monoisotopic (exact) mass is 382 g/mol. The van der Waals surface area contributed by atoms with Crippen LogP contribution in [0.4, 0.5) is 5.82 Å². The Balaban J connectivity index is 1.52. The van der Waals surface area contributed by atoms with Gasteiger partial charge < -0.3 is 14.8 Å². The number of ether oxygens (including phenoxy) is 2. The highest BCUT2D eigenvalue weighted by atomic mass is 35.5. The quantitative estimate of drug-likeness (QED) is 0.528. The minimum absolute atomic E-state index is 0.460. The first kappa shape index (κ1) is 19.1. The van der Waals surface area contributed by atoms with Crippen LogP contribution in [0.1, 0.15) is 16.7 Å². The van der Waals surface area contributed by atoms with Crippen LogP contribution in [0.2, 0.25) is 5.02 Å². The Hall–Kier alpha value is -2.72. The second kappa shape index (κ2) is 9.28. The van der Waals surface area contributed by atoms with Crippen LogP contribution in [0.25, 0.3) is 0 Å². The fourth-order valence-corrected chi connectivity index (χ4v) is 2.85. The van der Waals surface area contributed by atoms with Crippen molar-refractivity contribution < 1.29 is 9.47 Å². The lowest BCUT2D eigenvalue weighted by molar-refractivity contribution is 0.216. The van der Waals surface area contributed by atoms with Gasteiger partial charge in [0.2, 0.25) is 0 Å². The Morgan fingerprint density at radius 3 is 2.37 bits per heavy atom. The van der Waals surface area contributed by atoms with E-state index in [0.717, 1.165) is 39.0 Å². The maximum atomic E-state index is 6.19. The van der Waals surface area contributed by atoms with Crippen molar-refractivity contribution in [3.05, 3.63) is 82.5 Å². The van der Waals surface area contributed by atoms with Gasteiger partial charge in [-0.3, -0.25) is 0 Å². The zero-order valence-corrected chi connectivity index (χ0v) is 16.3. The molecule has 0 saturated carbocycles. The van der Waals surface area contributed by atoms with Gasteiger partial charge >= 0.3 is 0 Å². The van der Waals surface area contributed by atoms with Crippen molar-refractivity contribution in [2.24, 2.45) is 0 Å². The maximum Gasteiger partial charge on any atom is 0.126 e. The van der Waals surface area contributed by atoms with E-state index in [-0.39, 0.29) is 0 Å². The molecule has 2 aromatic carbocycles. The molecule has 3 aromatic rings. The highest BCUT2D eigenvalue weighted by Crippen LogP contribution is 2.26. The molecular formula is C22H23ClN2O2. The highest BCUT2D eigenvalue weighted by molar-refractivity contribution is 6.32. The first-order chi connectivity index (χ1) is 13.1. The molecule has 0 bridgehead atoms. The van der Waals surface area contributed by atoms with Crippen LogP contribution in [-0.2, 0) is 6.54 Å². The number of pyridine rings is 1. The number of hydrogen-bond donors (Lipinski definition) is 1. The summed E-state index contributed by atoms with van der Waals surface area (Å²) in [6.07, 6.45) is 1.77. The molecule has 1 N–H and O–H groups in total. The fourth-order valence-electron chi connectivity index (χ4n) is 2.74. The molecule has 1 heterocycles. The number of nitrogens with zero attached hydrogens (tertiary/aromatic N) is 1. The van der Waals surface area contributed by atoms with E-state index in [1.54, 1.807) is 6.20 Å². The molecule has 3 rings (SSSR count). The lowest BCUT2D eigenvalue weighted by atomic mass is 10.1. The first-order valence-electron chi connectivity index (χ1n) is 8.88. The van der Waals surface area contributed by atoms with E-state index in [9.17, 15) is 0 Å². The topological polar surface area (TPSA) is 43.4 Å². The second-order valence-electron chi connectivity index (χ2n) is 6.24. The lowest BCUT2D eigenvalue weighted by Crippen LogP contribution is -2.11. The van der Waals surface area contributed by atoms with Crippen LogP contribution in [0.15, 0.2) is 60.8 Å². The van der Waals surface area contributed by atoms with E-state index >= 15 is 0 Å². The van der Waals surface area contributed by atoms with Crippen molar-refractivity contribution >= 4 is 17.4 Å². The third kappa shape index (κ3) is 5.38. The van der Waals surface area contributed by atoms with Gasteiger partial charge in [0.15, 0.2) is 0 Å². The third-order valence-electron chi connectivity index (χ3n) is 4.12. The van der Waals surface area contributed by atoms with Gasteiger partial charge in [0.1, 0.15) is 30.5 Å². The van der Waals surface area contributed by atoms with E-state index in [1.807, 2.05) is 68.4 Å². The molecular weight excluding hydrogens is 360 g/mol. The molecule has 4 nitrogen and oxygen atoms in total. The molecule has 0 fully saturated rings. The number of halogens is 1. The summed E-state index contributed by atoms with van der Waals surface area (Å²) in [6, 6.07) is 17.6. The normalized spacial score (nSPS) is 10.5. The van der Waals surface area contributed by atoms with Crippen LogP contribution in [-0.4, -0.2) is 18.2 Å². The number of anilines is 1. The zero-order chi connectivity index (χ0) is 19.1. The summed E-state index contributed by atoms with van der Waals surface area (Å²) >= 11 is 6.19. The van der Waals surface area contributed by atoms with Crippen LogP contribution < -0.4 is 14.8 Å². The predicted molar refractivity (Wildman–Crippen MR) is 110 cm³/mol. The number of aryl methyl sites for hydroxylation is 2. The minimum Gasteiger partial charge on any atom is -0.490 e. The van der Waals surface area contributed by atoms with E-state index in [4.69, 9.17) is 21.1 Å². The van der Waals surface area contributed by atoms with Gasteiger partial charge in [-0.25, -0.2) is 4.98 Å². The first-order valence-corrected chi connectivity index (χ1v) is 9.26. The van der Waals surface area contributed by atoms with Crippen molar-refractivity contribution in [2.75, 3.05) is 18.5 Å². The van der Waals surface area contributed by atoms with E-state index in [1.165, 1.54) is 0 Å². The second-order valence-corrected chi connectivity index (χ2v) is 6.62. The van der Waals surface area contributed by atoms with E-state index in [0.29, 0.717) is 19.8 Å². The largest absolute Gasteiger partial charge is 0.490 e. The number of aromatic nitrogens is 1. The van der Waals surface area contributed by atoms with Gasteiger partial charge in [-0.1, -0.05) is 35.9 Å². The van der Waals surface area contributed by atoms with E-state index in [2.05, 4.69) is 10.3 Å². The van der Waals surface area contributed by atoms with Crippen molar-refractivity contribution in [1.29, 1.82) is 0 Å². The molecule has 0 amide bonds. The molecule has 0 aliphatic carbocycles. The SMILES string of the molecule is Cc1cc(OCCOc2ccccc2CNc2ccccn2)cc(C)c1Cl. The summed E-state index contributed by atoms with van der Waals surface area (Å²) in [5.41, 5.74) is 3.10. The molecule has 1 aromatic heterocycles. The highest BCUT2D eigenvalue weighted by Gasteiger charge is 2.05. The Labute approximate surface area is 165 Å². The standard InChI is InChI=1S/C22H23ClN2O2/c1-16-13-19(14-17(2)22(16)23)26-11-12-27-20-8-4-3-7-18(20)15-25-21-9-5-6-10-24-21/h3-10,13-14H,11-12,15H2,1-2H3,(H,24,25). The number of nitrogens with one attached hydrogen (secondary N) is 1. The van der Waals surface area contributed by atoms with Crippen LogP contribution in [0.3, 0.4) is 0 Å². The Bertz CT molecular complexity index is 861. The number of hydrogen-bond acceptors (Lipinski definition) is 4. The van der Waals surface area contributed by atoms with Gasteiger partial charge in [-0.05, 0) is 55.3 Å². The van der Waals surface area contributed by atoms with Gasteiger partial charge in [-0.15, -0.1) is 0 Å². The molecule has 5 heteroatoms. The number of rotatable bonds is 8. The van der Waals surface area contributed by atoms with Crippen molar-refractivity contribution in [2.45, 2.75) is 20.4 Å². The summed E-state index contributed by atoms with van der Waals surface area (Å²) in [7, 11) is 0. The Morgan fingerprint density at radius 2 is 1.63 bits per heavy atom. The minimum atomic E-state index is 0.460. The average Bonchev–Trinajstić information content (AvgIpc) is 2.69. The summed E-state index contributed by atoms with van der Waals surface area (Å²) < 4.78 is 11.7. The van der Waals surface area contributed by atoms with Crippen LogP contribution >= 0.6 is 11.6 Å². The predicted octanol–water partition coefficient (Wildman–Crippen LogP) is 5.42. The van der Waals surface area contributed by atoms with Crippen molar-refractivity contribution in [3.8, 4) is 11.5 Å². The molecule has 0 radical (unpaired) electrons. The molecule has 0 saturated heterocycles. The lowest BCUT2D eigenvalue weighted by Gasteiger charge is -2.14. The zero-order valence-electron chi connectivity index (χ0n) is 15.5. The molecule has 0 atom stereocenters. The summed E-state index contributed by atoms with van der Waals surface area (Å²) in [5, 5.41) is 4.09. The molecule has 0 spiro atoms. The smallest absolute Gasteiger partial charge is 0.126 e. The Kier molecular flexibility index (Phi) is 6.55. The van der Waals surface area contributed by atoms with E-state index < -0.39 is 0 Å². The molecule has 0 unspecified atom stereocenters. The third-order valence-corrected chi connectivity index (χ3v) is 4.71.